The van der Waals surface area contributed by atoms with E-state index in [4.69, 9.17) is 9.47 Å². The van der Waals surface area contributed by atoms with Crippen molar-refractivity contribution in [1.82, 2.24) is 10.3 Å². The highest BCUT2D eigenvalue weighted by molar-refractivity contribution is 6.00. The third-order valence-electron chi connectivity index (χ3n) is 6.23. The van der Waals surface area contributed by atoms with Crippen LogP contribution in [-0.2, 0) is 15.8 Å². The van der Waals surface area contributed by atoms with Gasteiger partial charge in [0.05, 0.1) is 18.6 Å². The van der Waals surface area contributed by atoms with E-state index in [2.05, 4.69) is 10.3 Å². The number of hydrogen-bond acceptors (Lipinski definition) is 5. The number of nitrogens with one attached hydrogen (secondary N) is 1. The van der Waals surface area contributed by atoms with Gasteiger partial charge in [-0.2, -0.15) is 13.2 Å². The SMILES string of the molecule is COc1cccc(N2CC(C(=O)NC3CCC(Oc4ccc(C(F)(F)F)cn4)CC3)CC2=O)c1. The Morgan fingerprint density at radius 3 is 2.56 bits per heavy atom. The van der Waals surface area contributed by atoms with Crippen molar-refractivity contribution in [1.29, 1.82) is 0 Å². The summed E-state index contributed by atoms with van der Waals surface area (Å²) in [5.41, 5.74) is -0.115. The summed E-state index contributed by atoms with van der Waals surface area (Å²) < 4.78 is 48.9. The summed E-state index contributed by atoms with van der Waals surface area (Å²) in [6.45, 7) is 0.315. The molecule has 34 heavy (non-hydrogen) atoms. The van der Waals surface area contributed by atoms with E-state index in [0.717, 1.165) is 12.3 Å². The van der Waals surface area contributed by atoms with E-state index < -0.39 is 17.7 Å². The van der Waals surface area contributed by atoms with Crippen LogP contribution in [0.15, 0.2) is 42.6 Å². The van der Waals surface area contributed by atoms with Crippen LogP contribution in [0.1, 0.15) is 37.7 Å². The van der Waals surface area contributed by atoms with Crippen molar-refractivity contribution in [3.05, 3.63) is 48.2 Å². The lowest BCUT2D eigenvalue weighted by Crippen LogP contribution is -2.43. The van der Waals surface area contributed by atoms with Crippen LogP contribution in [0.2, 0.25) is 0 Å². The summed E-state index contributed by atoms with van der Waals surface area (Å²) in [6.07, 6.45) is -1.04. The number of ether oxygens (including phenoxy) is 2. The topological polar surface area (TPSA) is 80.8 Å². The minimum atomic E-state index is -4.43. The highest BCUT2D eigenvalue weighted by Crippen LogP contribution is 2.31. The number of alkyl halides is 3. The van der Waals surface area contributed by atoms with Crippen molar-refractivity contribution >= 4 is 17.5 Å². The predicted octanol–water partition coefficient (Wildman–Crippen LogP) is 3.97. The van der Waals surface area contributed by atoms with Gasteiger partial charge in [0.1, 0.15) is 11.9 Å². The molecule has 1 N–H and O–H groups in total. The summed E-state index contributed by atoms with van der Waals surface area (Å²) in [5, 5.41) is 3.05. The average molecular weight is 477 g/mol. The van der Waals surface area contributed by atoms with E-state index in [-0.39, 0.29) is 36.3 Å². The first-order valence-electron chi connectivity index (χ1n) is 11.2. The Kier molecular flexibility index (Phi) is 6.95. The standard InChI is InChI=1S/C24H26F3N3O4/c1-33-20-4-2-3-18(12-20)30-14-15(11-22(30)31)23(32)29-17-6-8-19(9-7-17)34-21-10-5-16(13-28-21)24(25,26)27/h2-5,10,12-13,15,17,19H,6-9,11,14H2,1H3,(H,29,32). The van der Waals surface area contributed by atoms with E-state index in [1.165, 1.54) is 6.07 Å². The molecule has 0 bridgehead atoms. The van der Waals surface area contributed by atoms with E-state index in [1.54, 1.807) is 30.2 Å². The van der Waals surface area contributed by atoms with Crippen LogP contribution in [0.25, 0.3) is 0 Å². The minimum absolute atomic E-state index is 0.0334. The number of rotatable bonds is 6. The van der Waals surface area contributed by atoms with Crippen LogP contribution >= 0.6 is 0 Å². The van der Waals surface area contributed by atoms with Crippen LogP contribution in [0, 0.1) is 5.92 Å². The number of pyridine rings is 1. The van der Waals surface area contributed by atoms with Gasteiger partial charge < -0.3 is 19.7 Å². The molecule has 4 rings (SSSR count). The number of benzene rings is 1. The number of halogens is 3. The molecule has 2 fully saturated rings. The van der Waals surface area contributed by atoms with Crippen LogP contribution in [0.3, 0.4) is 0 Å². The van der Waals surface area contributed by atoms with Gasteiger partial charge in [0.25, 0.3) is 0 Å². The third kappa shape index (κ3) is 5.60. The Bertz CT molecular complexity index is 1020. The zero-order valence-corrected chi connectivity index (χ0v) is 18.7. The first kappa shape index (κ1) is 23.8. The van der Waals surface area contributed by atoms with Gasteiger partial charge >= 0.3 is 6.18 Å². The average Bonchev–Trinajstić information content (AvgIpc) is 3.22. The van der Waals surface area contributed by atoms with Gasteiger partial charge in [-0.3, -0.25) is 9.59 Å². The molecular formula is C24H26F3N3O4. The molecule has 0 radical (unpaired) electrons. The van der Waals surface area contributed by atoms with E-state index in [9.17, 15) is 22.8 Å². The van der Waals surface area contributed by atoms with E-state index in [0.29, 0.717) is 43.7 Å². The van der Waals surface area contributed by atoms with Gasteiger partial charge in [0.2, 0.25) is 17.7 Å². The largest absolute Gasteiger partial charge is 0.497 e. The summed E-state index contributed by atoms with van der Waals surface area (Å²) in [4.78, 5) is 30.6. The first-order valence-corrected chi connectivity index (χ1v) is 11.2. The molecule has 7 nitrogen and oxygen atoms in total. The zero-order valence-electron chi connectivity index (χ0n) is 18.7. The molecule has 1 aromatic heterocycles. The van der Waals surface area contributed by atoms with Crippen molar-refractivity contribution in [2.75, 3.05) is 18.6 Å². The van der Waals surface area contributed by atoms with E-state index >= 15 is 0 Å². The summed E-state index contributed by atoms with van der Waals surface area (Å²) in [5.74, 6) is 0.123. The van der Waals surface area contributed by atoms with Gasteiger partial charge in [0.15, 0.2) is 0 Å². The van der Waals surface area contributed by atoms with Crippen LogP contribution in [-0.4, -0.2) is 42.6 Å². The van der Waals surface area contributed by atoms with Gasteiger partial charge in [0, 0.05) is 43.0 Å². The van der Waals surface area contributed by atoms with Crippen LogP contribution < -0.4 is 19.7 Å². The van der Waals surface area contributed by atoms with Crippen molar-refractivity contribution in [3.63, 3.8) is 0 Å². The fraction of sp³-hybridized carbons (Fsp3) is 0.458. The molecule has 2 aliphatic rings. The second kappa shape index (κ2) is 9.90. The third-order valence-corrected chi connectivity index (χ3v) is 6.23. The molecule has 1 aliphatic heterocycles. The monoisotopic (exact) mass is 477 g/mol. The minimum Gasteiger partial charge on any atom is -0.497 e. The van der Waals surface area contributed by atoms with Crippen molar-refractivity contribution in [2.45, 2.75) is 50.4 Å². The normalized spacial score (nSPS) is 23.0. The molecular weight excluding hydrogens is 451 g/mol. The molecule has 182 valence electrons. The summed E-state index contributed by atoms with van der Waals surface area (Å²) in [6, 6.07) is 9.32. The maximum atomic E-state index is 12.8. The number of amides is 2. The van der Waals surface area contributed by atoms with Gasteiger partial charge in [-0.25, -0.2) is 4.98 Å². The van der Waals surface area contributed by atoms with Gasteiger partial charge in [-0.1, -0.05) is 6.07 Å². The zero-order chi connectivity index (χ0) is 24.3. The molecule has 2 amide bonds. The first-order chi connectivity index (χ1) is 16.2. The highest BCUT2D eigenvalue weighted by Gasteiger charge is 2.36. The second-order valence-corrected chi connectivity index (χ2v) is 8.59. The Morgan fingerprint density at radius 1 is 1.15 bits per heavy atom. The summed E-state index contributed by atoms with van der Waals surface area (Å²) in [7, 11) is 1.56. The molecule has 2 heterocycles. The molecule has 1 saturated heterocycles. The number of carbonyl (C=O) groups excluding carboxylic acids is 2. The number of aromatic nitrogens is 1. The van der Waals surface area contributed by atoms with Gasteiger partial charge in [-0.15, -0.1) is 0 Å². The van der Waals surface area contributed by atoms with E-state index in [1.807, 2.05) is 6.07 Å². The Morgan fingerprint density at radius 2 is 1.91 bits per heavy atom. The molecule has 1 unspecified atom stereocenters. The van der Waals surface area contributed by atoms with Crippen LogP contribution in [0.4, 0.5) is 18.9 Å². The Hall–Kier alpha value is -3.30. The molecule has 1 aromatic carbocycles. The predicted molar refractivity (Wildman–Crippen MR) is 118 cm³/mol. The molecule has 10 heteroatoms. The van der Waals surface area contributed by atoms with Gasteiger partial charge in [-0.05, 0) is 43.9 Å². The summed E-state index contributed by atoms with van der Waals surface area (Å²) >= 11 is 0. The smallest absolute Gasteiger partial charge is 0.417 e. The Labute approximate surface area is 195 Å². The van der Waals surface area contributed by atoms with Crippen LogP contribution in [0.5, 0.6) is 11.6 Å². The molecule has 0 spiro atoms. The molecule has 1 aliphatic carbocycles. The fourth-order valence-electron chi connectivity index (χ4n) is 4.34. The number of nitrogens with zero attached hydrogens (tertiary/aromatic N) is 2. The molecule has 2 aromatic rings. The number of anilines is 1. The number of carbonyl (C=O) groups is 2. The quantitative estimate of drug-likeness (QED) is 0.681. The lowest BCUT2D eigenvalue weighted by Gasteiger charge is -2.30. The lowest BCUT2D eigenvalue weighted by molar-refractivity contribution is -0.137. The molecule has 1 atom stereocenters. The highest BCUT2D eigenvalue weighted by atomic mass is 19.4. The number of methoxy groups -OCH3 is 1. The maximum absolute atomic E-state index is 12.8. The van der Waals surface area contributed by atoms with Crippen molar-refractivity contribution in [2.24, 2.45) is 5.92 Å². The van der Waals surface area contributed by atoms with Crippen molar-refractivity contribution in [3.8, 4) is 11.6 Å². The fourth-order valence-corrected chi connectivity index (χ4v) is 4.34. The van der Waals surface area contributed by atoms with Crippen molar-refractivity contribution < 1.29 is 32.2 Å². The molecule has 1 saturated carbocycles. The lowest BCUT2D eigenvalue weighted by atomic mass is 9.92. The maximum Gasteiger partial charge on any atom is 0.417 e. The second-order valence-electron chi connectivity index (χ2n) is 8.59. The Balaban J connectivity index is 1.25. The number of hydrogen-bond donors (Lipinski definition) is 1.